The van der Waals surface area contributed by atoms with Gasteiger partial charge in [0.15, 0.2) is 0 Å². The van der Waals surface area contributed by atoms with Crippen LogP contribution in [-0.2, 0) is 0 Å². The Morgan fingerprint density at radius 3 is 2.40 bits per heavy atom. The Morgan fingerprint density at radius 1 is 0.800 bits per heavy atom. The Bertz CT molecular complexity index is 404. The second-order valence-electron chi connectivity index (χ2n) is 10.1. The fourth-order valence-corrected chi connectivity index (χ4v) is 8.12. The zero-order valence-electron chi connectivity index (χ0n) is 14.2. The van der Waals surface area contributed by atoms with Gasteiger partial charge in [-0.25, -0.2) is 0 Å². The summed E-state index contributed by atoms with van der Waals surface area (Å²) in [5.74, 6) is 4.18. The quantitative estimate of drug-likeness (QED) is 0.504. The molecule has 4 aliphatic carbocycles. The lowest BCUT2D eigenvalue weighted by atomic mass is 9.41. The molecule has 4 aliphatic rings. The molecule has 0 heterocycles. The molecule has 0 aromatic heterocycles. The fourth-order valence-electron chi connectivity index (χ4n) is 8.12. The maximum atomic E-state index is 2.72. The molecule has 0 heteroatoms. The molecule has 0 aromatic rings. The lowest BCUT2D eigenvalue weighted by molar-refractivity contribution is -0.144. The largest absolute Gasteiger partial charge is 0.0622 e. The van der Waals surface area contributed by atoms with E-state index in [1.165, 1.54) is 19.3 Å². The molecule has 4 saturated carbocycles. The minimum Gasteiger partial charge on any atom is -0.0622 e. The second kappa shape index (κ2) is 4.05. The van der Waals surface area contributed by atoms with Gasteiger partial charge in [0, 0.05) is 0 Å². The van der Waals surface area contributed by atoms with Gasteiger partial charge in [0.1, 0.15) is 0 Å². The molecular formula is C20H34. The highest BCUT2D eigenvalue weighted by Crippen LogP contribution is 2.72. The SMILES string of the molecule is CC1CC23CCC4C(C)(C)CCCC4(C)[C@@H]2CCC1C3. The van der Waals surface area contributed by atoms with Crippen LogP contribution in [0.5, 0.6) is 0 Å². The summed E-state index contributed by atoms with van der Waals surface area (Å²) in [5.41, 5.74) is 2.06. The van der Waals surface area contributed by atoms with E-state index in [0.717, 1.165) is 29.1 Å². The number of hydrogen-bond donors (Lipinski definition) is 0. The van der Waals surface area contributed by atoms with Crippen molar-refractivity contribution < 1.29 is 0 Å². The zero-order valence-corrected chi connectivity index (χ0v) is 14.2. The first-order valence-corrected chi connectivity index (χ1v) is 9.37. The summed E-state index contributed by atoms with van der Waals surface area (Å²) < 4.78 is 0. The summed E-state index contributed by atoms with van der Waals surface area (Å²) in [6.07, 6.45) is 13.9. The molecule has 1 spiro atoms. The number of hydrogen-bond acceptors (Lipinski definition) is 0. The molecule has 0 saturated heterocycles. The van der Waals surface area contributed by atoms with Gasteiger partial charge in [-0.2, -0.15) is 0 Å². The minimum atomic E-state index is 0.607. The molecule has 4 rings (SSSR count). The van der Waals surface area contributed by atoms with Crippen molar-refractivity contribution in [3.05, 3.63) is 0 Å². The normalized spacial score (nSPS) is 57.0. The summed E-state index contributed by atoms with van der Waals surface area (Å²) >= 11 is 0. The molecule has 0 amide bonds. The molecule has 5 unspecified atom stereocenters. The van der Waals surface area contributed by atoms with Crippen LogP contribution in [0.3, 0.4) is 0 Å². The van der Waals surface area contributed by atoms with Crippen LogP contribution in [0, 0.1) is 39.9 Å². The molecule has 20 heavy (non-hydrogen) atoms. The average Bonchev–Trinajstić information content (AvgIpc) is 2.58. The summed E-state index contributed by atoms with van der Waals surface area (Å²) in [5, 5.41) is 0. The van der Waals surface area contributed by atoms with E-state index in [2.05, 4.69) is 27.7 Å². The highest BCUT2D eigenvalue weighted by molar-refractivity contribution is 5.12. The third-order valence-corrected chi connectivity index (χ3v) is 8.77. The maximum absolute atomic E-state index is 2.72. The van der Waals surface area contributed by atoms with Crippen molar-refractivity contribution in [1.82, 2.24) is 0 Å². The van der Waals surface area contributed by atoms with Gasteiger partial charge < -0.3 is 0 Å². The van der Waals surface area contributed by atoms with Crippen LogP contribution >= 0.6 is 0 Å². The van der Waals surface area contributed by atoms with E-state index in [-0.39, 0.29) is 0 Å². The molecule has 6 atom stereocenters. The van der Waals surface area contributed by atoms with Gasteiger partial charge in [0.05, 0.1) is 0 Å². The summed E-state index contributed by atoms with van der Waals surface area (Å²) in [6.45, 7) is 10.4. The van der Waals surface area contributed by atoms with Crippen molar-refractivity contribution in [3.63, 3.8) is 0 Å². The highest BCUT2D eigenvalue weighted by atomic mass is 14.7. The van der Waals surface area contributed by atoms with Gasteiger partial charge in [-0.3, -0.25) is 0 Å². The third kappa shape index (κ3) is 1.60. The molecular weight excluding hydrogens is 240 g/mol. The Hall–Kier alpha value is 0. The molecule has 0 nitrogen and oxygen atoms in total. The van der Waals surface area contributed by atoms with Crippen molar-refractivity contribution in [2.75, 3.05) is 0 Å². The van der Waals surface area contributed by atoms with E-state index >= 15 is 0 Å². The predicted octanol–water partition coefficient (Wildman–Crippen LogP) is 6.06. The summed E-state index contributed by atoms with van der Waals surface area (Å²) in [6, 6.07) is 0. The lowest BCUT2D eigenvalue weighted by Gasteiger charge is -2.64. The Labute approximate surface area is 126 Å². The third-order valence-electron chi connectivity index (χ3n) is 8.77. The van der Waals surface area contributed by atoms with Gasteiger partial charge in [-0.1, -0.05) is 34.1 Å². The Morgan fingerprint density at radius 2 is 1.60 bits per heavy atom. The Balaban J connectivity index is 1.72. The molecule has 0 aliphatic heterocycles. The monoisotopic (exact) mass is 274 g/mol. The molecule has 0 aromatic carbocycles. The number of rotatable bonds is 0. The van der Waals surface area contributed by atoms with E-state index in [1.54, 1.807) is 38.5 Å². The highest BCUT2D eigenvalue weighted by Gasteiger charge is 2.63. The van der Waals surface area contributed by atoms with Crippen LogP contribution in [-0.4, -0.2) is 0 Å². The van der Waals surface area contributed by atoms with Crippen LogP contribution < -0.4 is 0 Å². The first-order chi connectivity index (χ1) is 9.37. The Kier molecular flexibility index (Phi) is 2.76. The van der Waals surface area contributed by atoms with Crippen molar-refractivity contribution in [2.45, 2.75) is 85.5 Å². The first-order valence-electron chi connectivity index (χ1n) is 9.37. The van der Waals surface area contributed by atoms with Crippen LogP contribution in [0.25, 0.3) is 0 Å². The van der Waals surface area contributed by atoms with Crippen LogP contribution in [0.4, 0.5) is 0 Å². The molecule has 0 radical (unpaired) electrons. The van der Waals surface area contributed by atoms with E-state index in [4.69, 9.17) is 0 Å². The van der Waals surface area contributed by atoms with Gasteiger partial charge in [0.25, 0.3) is 0 Å². The lowest BCUT2D eigenvalue weighted by Crippen LogP contribution is -2.55. The van der Waals surface area contributed by atoms with E-state index < -0.39 is 0 Å². The van der Waals surface area contributed by atoms with Crippen LogP contribution in [0.2, 0.25) is 0 Å². The van der Waals surface area contributed by atoms with Crippen molar-refractivity contribution in [2.24, 2.45) is 39.9 Å². The van der Waals surface area contributed by atoms with Crippen molar-refractivity contribution >= 4 is 0 Å². The second-order valence-corrected chi connectivity index (χ2v) is 10.1. The topological polar surface area (TPSA) is 0 Å². The summed E-state index contributed by atoms with van der Waals surface area (Å²) in [4.78, 5) is 0. The fraction of sp³-hybridized carbons (Fsp3) is 1.00. The van der Waals surface area contributed by atoms with E-state index in [1.807, 2.05) is 0 Å². The first kappa shape index (κ1) is 13.6. The smallest absolute Gasteiger partial charge is 0.0258 e. The maximum Gasteiger partial charge on any atom is -0.0258 e. The van der Waals surface area contributed by atoms with E-state index in [0.29, 0.717) is 10.8 Å². The van der Waals surface area contributed by atoms with Crippen LogP contribution in [0.1, 0.15) is 85.5 Å². The van der Waals surface area contributed by atoms with E-state index in [9.17, 15) is 0 Å². The standard InChI is InChI=1S/C20H34/c1-14-12-20-11-8-16-18(2,3)9-5-10-19(16,4)17(20)7-6-15(14)13-20/h14-17H,5-13H2,1-4H3/t14?,15?,16?,17-,19?,20?/m0/s1. The van der Waals surface area contributed by atoms with Crippen molar-refractivity contribution in [1.29, 1.82) is 0 Å². The molecule has 2 bridgehead atoms. The van der Waals surface area contributed by atoms with Crippen molar-refractivity contribution in [3.8, 4) is 0 Å². The summed E-state index contributed by atoms with van der Waals surface area (Å²) in [7, 11) is 0. The minimum absolute atomic E-state index is 0.607. The van der Waals surface area contributed by atoms with Gasteiger partial charge in [-0.15, -0.1) is 0 Å². The average molecular weight is 274 g/mol. The number of fused-ring (bicyclic) bond motifs is 3. The molecule has 114 valence electrons. The molecule has 4 fully saturated rings. The molecule has 0 N–H and O–H groups in total. The van der Waals surface area contributed by atoms with Crippen LogP contribution in [0.15, 0.2) is 0 Å². The van der Waals surface area contributed by atoms with Gasteiger partial charge >= 0.3 is 0 Å². The predicted molar refractivity (Wildman–Crippen MR) is 85.5 cm³/mol. The van der Waals surface area contributed by atoms with Gasteiger partial charge in [0.2, 0.25) is 0 Å². The zero-order chi connectivity index (χ0) is 14.2. The van der Waals surface area contributed by atoms with Gasteiger partial charge in [-0.05, 0) is 91.3 Å².